The lowest BCUT2D eigenvalue weighted by Gasteiger charge is -2.30. The molecule has 2 unspecified atom stereocenters. The van der Waals surface area contributed by atoms with E-state index in [1.807, 2.05) is 13.8 Å². The van der Waals surface area contributed by atoms with Crippen LogP contribution in [0.5, 0.6) is 0 Å². The van der Waals surface area contributed by atoms with Gasteiger partial charge in [-0.25, -0.2) is 9.18 Å². The molecule has 1 fully saturated rings. The second-order valence-electron chi connectivity index (χ2n) is 6.35. The lowest BCUT2D eigenvalue weighted by Crippen LogP contribution is -2.51. The van der Waals surface area contributed by atoms with E-state index in [1.165, 1.54) is 12.1 Å². The van der Waals surface area contributed by atoms with Crippen LogP contribution in [-0.2, 0) is 0 Å². The minimum atomic E-state index is -0.421. The summed E-state index contributed by atoms with van der Waals surface area (Å²) in [4.78, 5) is 12.3. The largest absolute Gasteiger partial charge is 0.396 e. The molecule has 5 heteroatoms. The van der Waals surface area contributed by atoms with E-state index in [0.717, 1.165) is 24.8 Å². The van der Waals surface area contributed by atoms with Gasteiger partial charge in [-0.1, -0.05) is 19.1 Å². The summed E-state index contributed by atoms with van der Waals surface area (Å²) in [5.74, 6) is 0.145. The van der Waals surface area contributed by atoms with Gasteiger partial charge in [-0.05, 0) is 56.2 Å². The molecule has 1 saturated carbocycles. The number of hydrogen-bond acceptors (Lipinski definition) is 2. The van der Waals surface area contributed by atoms with Gasteiger partial charge in [-0.15, -0.1) is 0 Å². The van der Waals surface area contributed by atoms with Gasteiger partial charge in [-0.3, -0.25) is 0 Å². The Labute approximate surface area is 131 Å². The van der Waals surface area contributed by atoms with Crippen molar-refractivity contribution in [1.82, 2.24) is 10.6 Å². The molecule has 0 aromatic heterocycles. The summed E-state index contributed by atoms with van der Waals surface area (Å²) in [5, 5.41) is 15.1. The van der Waals surface area contributed by atoms with Crippen LogP contribution < -0.4 is 10.6 Å². The fraction of sp³-hybridized carbons (Fsp3) is 0.588. The van der Waals surface area contributed by atoms with E-state index in [4.69, 9.17) is 5.11 Å². The fourth-order valence-corrected chi connectivity index (χ4v) is 2.60. The molecule has 22 heavy (non-hydrogen) atoms. The van der Waals surface area contributed by atoms with Crippen molar-refractivity contribution in [2.24, 2.45) is 5.92 Å². The van der Waals surface area contributed by atoms with Crippen LogP contribution in [0.3, 0.4) is 0 Å². The molecule has 1 aliphatic carbocycles. The Hall–Kier alpha value is -1.62. The van der Waals surface area contributed by atoms with Crippen molar-refractivity contribution in [3.8, 4) is 0 Å². The molecular formula is C17H25FN2O2. The third kappa shape index (κ3) is 4.44. The van der Waals surface area contributed by atoms with E-state index in [9.17, 15) is 9.18 Å². The van der Waals surface area contributed by atoms with Crippen LogP contribution in [-0.4, -0.2) is 23.3 Å². The van der Waals surface area contributed by atoms with Crippen molar-refractivity contribution < 1.29 is 14.3 Å². The average Bonchev–Trinajstić information content (AvgIpc) is 3.30. The van der Waals surface area contributed by atoms with E-state index in [0.29, 0.717) is 12.3 Å². The smallest absolute Gasteiger partial charge is 0.315 e. The van der Waals surface area contributed by atoms with Crippen LogP contribution >= 0.6 is 0 Å². The Morgan fingerprint density at radius 3 is 2.55 bits per heavy atom. The van der Waals surface area contributed by atoms with Crippen LogP contribution in [0.25, 0.3) is 0 Å². The number of hydrogen-bond donors (Lipinski definition) is 3. The molecular weight excluding hydrogens is 283 g/mol. The van der Waals surface area contributed by atoms with Crippen molar-refractivity contribution in [3.05, 3.63) is 35.6 Å². The number of amides is 2. The molecule has 0 aliphatic heterocycles. The van der Waals surface area contributed by atoms with E-state index in [1.54, 1.807) is 12.1 Å². The number of halogens is 1. The summed E-state index contributed by atoms with van der Waals surface area (Å²) in [6.45, 7) is 3.94. The SMILES string of the molecule is CCC(C)(CCO)NC(=O)NC(c1ccc(F)cc1)C1CC1. The van der Waals surface area contributed by atoms with Gasteiger partial charge in [0, 0.05) is 12.1 Å². The fourth-order valence-electron chi connectivity index (χ4n) is 2.60. The number of nitrogens with one attached hydrogen (secondary N) is 2. The zero-order valence-corrected chi connectivity index (χ0v) is 13.2. The number of benzene rings is 1. The highest BCUT2D eigenvalue weighted by Gasteiger charge is 2.34. The van der Waals surface area contributed by atoms with Crippen LogP contribution in [0.4, 0.5) is 9.18 Å². The normalized spacial score (nSPS) is 18.4. The van der Waals surface area contributed by atoms with Crippen molar-refractivity contribution >= 4 is 6.03 Å². The van der Waals surface area contributed by atoms with Gasteiger partial charge >= 0.3 is 6.03 Å². The number of urea groups is 1. The minimum absolute atomic E-state index is 0.0363. The average molecular weight is 308 g/mol. The van der Waals surface area contributed by atoms with Crippen molar-refractivity contribution in [2.45, 2.75) is 51.1 Å². The molecule has 1 aromatic carbocycles. The molecule has 2 atom stereocenters. The Balaban J connectivity index is 2.02. The molecule has 1 aliphatic rings. The topological polar surface area (TPSA) is 61.4 Å². The molecule has 122 valence electrons. The molecule has 0 bridgehead atoms. The third-order valence-electron chi connectivity index (χ3n) is 4.47. The van der Waals surface area contributed by atoms with Crippen molar-refractivity contribution in [1.29, 1.82) is 0 Å². The first-order valence-corrected chi connectivity index (χ1v) is 7.92. The van der Waals surface area contributed by atoms with Crippen LogP contribution in [0.2, 0.25) is 0 Å². The lowest BCUT2D eigenvalue weighted by atomic mass is 9.95. The molecule has 3 N–H and O–H groups in total. The molecule has 0 radical (unpaired) electrons. The molecule has 0 spiro atoms. The molecule has 2 amide bonds. The third-order valence-corrected chi connectivity index (χ3v) is 4.47. The van der Waals surface area contributed by atoms with Gasteiger partial charge in [0.25, 0.3) is 0 Å². The molecule has 1 aromatic rings. The summed E-state index contributed by atoms with van der Waals surface area (Å²) >= 11 is 0. The van der Waals surface area contributed by atoms with E-state index in [-0.39, 0.29) is 24.5 Å². The number of aliphatic hydroxyl groups excluding tert-OH is 1. The number of carbonyl (C=O) groups excluding carboxylic acids is 1. The van der Waals surface area contributed by atoms with Gasteiger partial charge in [0.2, 0.25) is 0 Å². The first kappa shape index (κ1) is 16.7. The number of aliphatic hydroxyl groups is 1. The zero-order chi connectivity index (χ0) is 16.2. The highest BCUT2D eigenvalue weighted by molar-refractivity contribution is 5.75. The molecule has 0 heterocycles. The Morgan fingerprint density at radius 1 is 1.41 bits per heavy atom. The summed E-state index contributed by atoms with van der Waals surface area (Å²) < 4.78 is 13.1. The maximum Gasteiger partial charge on any atom is 0.315 e. The van der Waals surface area contributed by atoms with E-state index in [2.05, 4.69) is 10.6 Å². The second kappa shape index (κ2) is 7.09. The number of carbonyl (C=O) groups is 1. The quantitative estimate of drug-likeness (QED) is 0.725. The molecule has 2 rings (SSSR count). The highest BCUT2D eigenvalue weighted by Crippen LogP contribution is 2.41. The van der Waals surface area contributed by atoms with E-state index >= 15 is 0 Å². The summed E-state index contributed by atoms with van der Waals surface area (Å²) in [6, 6.07) is 5.98. The minimum Gasteiger partial charge on any atom is -0.396 e. The monoisotopic (exact) mass is 308 g/mol. The maximum atomic E-state index is 13.1. The van der Waals surface area contributed by atoms with Crippen LogP contribution in [0.15, 0.2) is 24.3 Å². The Bertz CT molecular complexity index is 502. The lowest BCUT2D eigenvalue weighted by molar-refractivity contribution is 0.197. The summed E-state index contributed by atoms with van der Waals surface area (Å²) in [5.41, 5.74) is 0.509. The summed E-state index contributed by atoms with van der Waals surface area (Å²) in [7, 11) is 0. The predicted octanol–water partition coefficient (Wildman–Crippen LogP) is 3.13. The van der Waals surface area contributed by atoms with Gasteiger partial charge in [0.05, 0.1) is 6.04 Å². The van der Waals surface area contributed by atoms with Crippen LogP contribution in [0.1, 0.15) is 51.1 Å². The van der Waals surface area contributed by atoms with Gasteiger partial charge in [0.15, 0.2) is 0 Å². The Kier molecular flexibility index (Phi) is 5.40. The first-order chi connectivity index (χ1) is 10.5. The van der Waals surface area contributed by atoms with E-state index < -0.39 is 5.54 Å². The van der Waals surface area contributed by atoms with Gasteiger partial charge in [0.1, 0.15) is 5.82 Å². The van der Waals surface area contributed by atoms with Gasteiger partial charge in [-0.2, -0.15) is 0 Å². The molecule has 4 nitrogen and oxygen atoms in total. The van der Waals surface area contributed by atoms with Crippen molar-refractivity contribution in [2.75, 3.05) is 6.61 Å². The standard InChI is InChI=1S/C17H25FN2O2/c1-3-17(2,10-11-21)20-16(22)19-15(12-4-5-12)13-6-8-14(18)9-7-13/h6-9,12,15,21H,3-5,10-11H2,1-2H3,(H2,19,20,22). The van der Waals surface area contributed by atoms with Crippen molar-refractivity contribution in [3.63, 3.8) is 0 Å². The maximum absolute atomic E-state index is 13.1. The first-order valence-electron chi connectivity index (χ1n) is 7.92. The van der Waals surface area contributed by atoms with Gasteiger partial charge < -0.3 is 15.7 Å². The number of rotatable bonds is 7. The van der Waals surface area contributed by atoms with Crippen LogP contribution in [0, 0.1) is 11.7 Å². The highest BCUT2D eigenvalue weighted by atomic mass is 19.1. The predicted molar refractivity (Wildman–Crippen MR) is 83.9 cm³/mol. The second-order valence-corrected chi connectivity index (χ2v) is 6.35. The molecule has 0 saturated heterocycles. The summed E-state index contributed by atoms with van der Waals surface area (Å²) in [6.07, 6.45) is 3.40. The Morgan fingerprint density at radius 2 is 2.05 bits per heavy atom. The zero-order valence-electron chi connectivity index (χ0n) is 13.2.